The Kier molecular flexibility index (Phi) is 5.54. The lowest BCUT2D eigenvalue weighted by Crippen LogP contribution is -2.37. The van der Waals surface area contributed by atoms with Crippen LogP contribution in [-0.2, 0) is 9.59 Å². The zero-order chi connectivity index (χ0) is 15.2. The van der Waals surface area contributed by atoms with Crippen molar-refractivity contribution in [2.75, 3.05) is 6.54 Å². The molecule has 0 saturated carbocycles. The summed E-state index contributed by atoms with van der Waals surface area (Å²) in [6.07, 6.45) is -4.70. The molecule has 2 amide bonds. The summed E-state index contributed by atoms with van der Waals surface area (Å²) in [6.45, 7) is -0.100. The molecular formula is C13H15F3N2O2. The molecule has 4 nitrogen and oxygen atoms in total. The lowest BCUT2D eigenvalue weighted by atomic mass is 10.0. The van der Waals surface area contributed by atoms with Crippen molar-refractivity contribution in [3.8, 4) is 0 Å². The van der Waals surface area contributed by atoms with Gasteiger partial charge in [-0.15, -0.1) is 0 Å². The van der Waals surface area contributed by atoms with Crippen LogP contribution in [0.4, 0.5) is 13.2 Å². The summed E-state index contributed by atoms with van der Waals surface area (Å²) in [6, 6.07) is 7.94. The second kappa shape index (κ2) is 6.93. The van der Waals surface area contributed by atoms with E-state index in [4.69, 9.17) is 0 Å². The summed E-state index contributed by atoms with van der Waals surface area (Å²) >= 11 is 0. The molecule has 0 aliphatic carbocycles. The molecule has 1 aromatic rings. The van der Waals surface area contributed by atoms with Gasteiger partial charge in [-0.1, -0.05) is 30.3 Å². The summed E-state index contributed by atoms with van der Waals surface area (Å²) in [4.78, 5) is 22.6. The monoisotopic (exact) mass is 288 g/mol. The van der Waals surface area contributed by atoms with Gasteiger partial charge in [0.15, 0.2) is 0 Å². The summed E-state index contributed by atoms with van der Waals surface area (Å²) in [5.74, 6) is -1.13. The Hall–Kier alpha value is -2.05. The van der Waals surface area contributed by atoms with Crippen molar-refractivity contribution in [3.05, 3.63) is 35.9 Å². The Morgan fingerprint density at radius 2 is 1.80 bits per heavy atom. The van der Waals surface area contributed by atoms with E-state index >= 15 is 0 Å². The summed E-state index contributed by atoms with van der Waals surface area (Å²) in [5, 5.41) is 4.32. The molecule has 0 fully saturated rings. The first-order chi connectivity index (χ1) is 9.28. The van der Waals surface area contributed by atoms with Gasteiger partial charge in [-0.2, -0.15) is 13.2 Å². The number of alkyl halides is 3. The third-order valence-corrected chi connectivity index (χ3v) is 2.45. The summed E-state index contributed by atoms with van der Waals surface area (Å²) in [5.41, 5.74) is 0.657. The second-order valence-electron chi connectivity index (χ2n) is 4.26. The third kappa shape index (κ3) is 6.21. The van der Waals surface area contributed by atoms with Crippen LogP contribution in [0, 0.1) is 0 Å². The van der Waals surface area contributed by atoms with Crippen LogP contribution in [0.2, 0.25) is 0 Å². The number of halogens is 3. The smallest absolute Gasteiger partial charge is 0.349 e. The van der Waals surface area contributed by atoms with E-state index in [0.717, 1.165) is 0 Å². The van der Waals surface area contributed by atoms with Crippen LogP contribution >= 0.6 is 0 Å². The predicted octanol–water partition coefficient (Wildman–Crippen LogP) is 1.93. The molecule has 7 heteroatoms. The first-order valence-corrected chi connectivity index (χ1v) is 5.93. The van der Waals surface area contributed by atoms with Crippen molar-refractivity contribution < 1.29 is 22.8 Å². The fourth-order valence-corrected chi connectivity index (χ4v) is 1.64. The van der Waals surface area contributed by atoms with Gasteiger partial charge >= 0.3 is 6.18 Å². The molecule has 0 bridgehead atoms. The molecule has 20 heavy (non-hydrogen) atoms. The van der Waals surface area contributed by atoms with Gasteiger partial charge in [-0.25, -0.2) is 0 Å². The quantitative estimate of drug-likeness (QED) is 0.870. The number of hydrogen-bond acceptors (Lipinski definition) is 2. The van der Waals surface area contributed by atoms with Crippen LogP contribution in [0.15, 0.2) is 30.3 Å². The van der Waals surface area contributed by atoms with E-state index in [1.165, 1.54) is 6.92 Å². The van der Waals surface area contributed by atoms with Crippen molar-refractivity contribution in [2.24, 2.45) is 0 Å². The molecule has 1 aromatic carbocycles. The lowest BCUT2D eigenvalue weighted by Gasteiger charge is -2.18. The Bertz CT molecular complexity index is 460. The van der Waals surface area contributed by atoms with Gasteiger partial charge in [0.1, 0.15) is 6.54 Å². The number of amides is 2. The highest BCUT2D eigenvalue weighted by Crippen LogP contribution is 2.17. The number of carbonyl (C=O) groups excluding carboxylic acids is 2. The first kappa shape index (κ1) is 16.0. The minimum Gasteiger partial charge on any atom is -0.349 e. The Balaban J connectivity index is 2.66. The van der Waals surface area contributed by atoms with Gasteiger partial charge in [0.05, 0.1) is 12.5 Å². The Morgan fingerprint density at radius 3 is 2.30 bits per heavy atom. The molecule has 0 spiro atoms. The van der Waals surface area contributed by atoms with Gasteiger partial charge in [0, 0.05) is 6.92 Å². The highest BCUT2D eigenvalue weighted by molar-refractivity contribution is 5.79. The van der Waals surface area contributed by atoms with Crippen LogP contribution in [0.3, 0.4) is 0 Å². The number of benzene rings is 1. The van der Waals surface area contributed by atoms with Crippen LogP contribution in [-0.4, -0.2) is 24.5 Å². The lowest BCUT2D eigenvalue weighted by molar-refractivity contribution is -0.138. The van der Waals surface area contributed by atoms with Crippen molar-refractivity contribution in [2.45, 2.75) is 25.6 Å². The van der Waals surface area contributed by atoms with Crippen LogP contribution in [0.25, 0.3) is 0 Å². The van der Waals surface area contributed by atoms with E-state index in [9.17, 15) is 22.8 Å². The molecule has 1 unspecified atom stereocenters. The molecule has 110 valence electrons. The largest absolute Gasteiger partial charge is 0.405 e. The fraction of sp³-hybridized carbons (Fsp3) is 0.385. The molecular weight excluding hydrogens is 273 g/mol. The van der Waals surface area contributed by atoms with Crippen LogP contribution in [0.5, 0.6) is 0 Å². The van der Waals surface area contributed by atoms with Gasteiger partial charge < -0.3 is 10.6 Å². The third-order valence-electron chi connectivity index (χ3n) is 2.45. The van der Waals surface area contributed by atoms with E-state index in [1.54, 1.807) is 35.6 Å². The van der Waals surface area contributed by atoms with E-state index in [0.29, 0.717) is 5.56 Å². The number of nitrogens with one attached hydrogen (secondary N) is 2. The number of carbonyl (C=O) groups is 2. The average Bonchev–Trinajstić information content (AvgIpc) is 2.35. The first-order valence-electron chi connectivity index (χ1n) is 5.93. The molecule has 1 atom stereocenters. The van der Waals surface area contributed by atoms with Crippen LogP contribution < -0.4 is 10.6 Å². The van der Waals surface area contributed by atoms with Gasteiger partial charge in [-0.05, 0) is 5.56 Å². The normalized spacial score (nSPS) is 12.6. The van der Waals surface area contributed by atoms with E-state index in [1.807, 2.05) is 0 Å². The Morgan fingerprint density at radius 1 is 1.20 bits per heavy atom. The average molecular weight is 288 g/mol. The molecule has 2 N–H and O–H groups in total. The van der Waals surface area contributed by atoms with Crippen molar-refractivity contribution in [1.29, 1.82) is 0 Å². The van der Waals surface area contributed by atoms with Crippen LogP contribution in [0.1, 0.15) is 24.9 Å². The van der Waals surface area contributed by atoms with E-state index in [-0.39, 0.29) is 12.3 Å². The standard InChI is InChI=1S/C13H15F3N2O2/c1-9(19)18-11(10-5-3-2-4-6-10)7-12(20)17-8-13(14,15)16/h2-6,11H,7-8H2,1H3,(H,17,20)(H,18,19). The topological polar surface area (TPSA) is 58.2 Å². The van der Waals surface area contributed by atoms with Gasteiger partial charge in [0.2, 0.25) is 11.8 Å². The number of hydrogen-bond donors (Lipinski definition) is 2. The maximum atomic E-state index is 12.0. The highest BCUT2D eigenvalue weighted by atomic mass is 19.4. The Labute approximate surface area is 114 Å². The van der Waals surface area contributed by atoms with Crippen molar-refractivity contribution >= 4 is 11.8 Å². The maximum absolute atomic E-state index is 12.0. The molecule has 0 aliphatic rings. The van der Waals surface area contributed by atoms with E-state index < -0.39 is 24.7 Å². The molecule has 1 rings (SSSR count). The van der Waals surface area contributed by atoms with Gasteiger partial charge in [0.25, 0.3) is 0 Å². The molecule has 0 radical (unpaired) electrons. The molecule has 0 aliphatic heterocycles. The minimum atomic E-state index is -4.45. The minimum absolute atomic E-state index is 0.250. The predicted molar refractivity (Wildman–Crippen MR) is 66.7 cm³/mol. The van der Waals surface area contributed by atoms with E-state index in [2.05, 4.69) is 5.32 Å². The molecule has 0 heterocycles. The highest BCUT2D eigenvalue weighted by Gasteiger charge is 2.28. The molecule has 0 aromatic heterocycles. The molecule has 0 saturated heterocycles. The number of rotatable bonds is 5. The fourth-order valence-electron chi connectivity index (χ4n) is 1.64. The SMILES string of the molecule is CC(=O)NC(CC(=O)NCC(F)(F)F)c1ccccc1. The van der Waals surface area contributed by atoms with Crippen molar-refractivity contribution in [3.63, 3.8) is 0 Å². The van der Waals surface area contributed by atoms with Gasteiger partial charge in [-0.3, -0.25) is 9.59 Å². The summed E-state index contributed by atoms with van der Waals surface area (Å²) < 4.78 is 36.0. The summed E-state index contributed by atoms with van der Waals surface area (Å²) in [7, 11) is 0. The van der Waals surface area contributed by atoms with Crippen molar-refractivity contribution in [1.82, 2.24) is 10.6 Å². The zero-order valence-corrected chi connectivity index (χ0v) is 10.8. The maximum Gasteiger partial charge on any atom is 0.405 e. The second-order valence-corrected chi connectivity index (χ2v) is 4.26. The zero-order valence-electron chi connectivity index (χ0n) is 10.8.